The summed E-state index contributed by atoms with van der Waals surface area (Å²) in [7, 11) is 0. The first-order valence-electron chi connectivity index (χ1n) is 8.69. The van der Waals surface area contributed by atoms with Crippen LogP contribution in [-0.2, 0) is 4.79 Å². The van der Waals surface area contributed by atoms with Crippen LogP contribution in [0.5, 0.6) is 0 Å². The summed E-state index contributed by atoms with van der Waals surface area (Å²) in [6, 6.07) is 0. The third kappa shape index (κ3) is 4.38. The molecule has 0 bridgehead atoms. The standard InChI is InChI=1S/C16H23ClN6O2/c17-16-21-13-12(19-10-20-13)14(22-16)23-7-4-5-11(9-23)15(25)18-6-2-1-3-8-24/h10-11,24H,1-9H2,(H,18,25)(H,19,20,21,22)/t11-/m0/s1. The summed E-state index contributed by atoms with van der Waals surface area (Å²) in [5.41, 5.74) is 1.28. The highest BCUT2D eigenvalue weighted by Crippen LogP contribution is 2.27. The van der Waals surface area contributed by atoms with Gasteiger partial charge >= 0.3 is 0 Å². The van der Waals surface area contributed by atoms with Gasteiger partial charge in [0.2, 0.25) is 11.2 Å². The number of unbranched alkanes of at least 4 members (excludes halogenated alkanes) is 2. The number of hydrogen-bond acceptors (Lipinski definition) is 6. The van der Waals surface area contributed by atoms with E-state index in [9.17, 15) is 4.79 Å². The normalized spacial score (nSPS) is 17.8. The van der Waals surface area contributed by atoms with E-state index in [1.54, 1.807) is 6.33 Å². The van der Waals surface area contributed by atoms with Gasteiger partial charge in [0.15, 0.2) is 11.5 Å². The summed E-state index contributed by atoms with van der Waals surface area (Å²) >= 11 is 6.01. The lowest BCUT2D eigenvalue weighted by molar-refractivity contribution is -0.125. The zero-order chi connectivity index (χ0) is 17.6. The van der Waals surface area contributed by atoms with E-state index in [1.165, 1.54) is 0 Å². The van der Waals surface area contributed by atoms with Gasteiger partial charge in [-0.3, -0.25) is 4.79 Å². The fourth-order valence-corrected chi connectivity index (χ4v) is 3.33. The number of fused-ring (bicyclic) bond motifs is 1. The minimum absolute atomic E-state index is 0.0710. The van der Waals surface area contributed by atoms with Gasteiger partial charge in [0.1, 0.15) is 5.52 Å². The van der Waals surface area contributed by atoms with E-state index in [1.807, 2.05) is 0 Å². The van der Waals surface area contributed by atoms with Crippen LogP contribution in [0.3, 0.4) is 0 Å². The van der Waals surface area contributed by atoms with E-state index in [4.69, 9.17) is 16.7 Å². The number of aliphatic hydroxyl groups is 1. The number of imidazole rings is 1. The molecule has 3 rings (SSSR count). The predicted molar refractivity (Wildman–Crippen MR) is 95.6 cm³/mol. The first-order valence-corrected chi connectivity index (χ1v) is 9.07. The highest BCUT2D eigenvalue weighted by Gasteiger charge is 2.28. The van der Waals surface area contributed by atoms with Crippen LogP contribution in [0.1, 0.15) is 32.1 Å². The number of carbonyl (C=O) groups is 1. The molecule has 3 heterocycles. The Morgan fingerprint density at radius 3 is 3.12 bits per heavy atom. The molecular weight excluding hydrogens is 344 g/mol. The van der Waals surface area contributed by atoms with E-state index in [0.717, 1.165) is 44.2 Å². The fourth-order valence-electron chi connectivity index (χ4n) is 3.17. The lowest BCUT2D eigenvalue weighted by Gasteiger charge is -2.33. The Bertz CT molecular complexity index is 722. The van der Waals surface area contributed by atoms with Crippen molar-refractivity contribution in [2.45, 2.75) is 32.1 Å². The molecule has 1 saturated heterocycles. The first kappa shape index (κ1) is 17.9. The Labute approximate surface area is 151 Å². The molecule has 8 nitrogen and oxygen atoms in total. The number of nitrogens with one attached hydrogen (secondary N) is 2. The van der Waals surface area contributed by atoms with Crippen LogP contribution < -0.4 is 10.2 Å². The van der Waals surface area contributed by atoms with Crippen LogP contribution >= 0.6 is 11.6 Å². The molecule has 2 aromatic rings. The predicted octanol–water partition coefficient (Wildman–Crippen LogP) is 1.50. The van der Waals surface area contributed by atoms with Crippen molar-refractivity contribution >= 4 is 34.5 Å². The number of rotatable bonds is 7. The first-order chi connectivity index (χ1) is 12.2. The monoisotopic (exact) mass is 366 g/mol. The molecule has 0 radical (unpaired) electrons. The molecule has 0 spiro atoms. The second-order valence-corrected chi connectivity index (χ2v) is 6.62. The number of amides is 1. The van der Waals surface area contributed by atoms with Crippen molar-refractivity contribution in [3.05, 3.63) is 11.6 Å². The summed E-state index contributed by atoms with van der Waals surface area (Å²) in [5, 5.41) is 11.9. The minimum atomic E-state index is -0.0710. The number of hydrogen-bond donors (Lipinski definition) is 3. The smallest absolute Gasteiger partial charge is 0.226 e. The van der Waals surface area contributed by atoms with E-state index >= 15 is 0 Å². The van der Waals surface area contributed by atoms with Crippen LogP contribution in [-0.4, -0.2) is 57.2 Å². The van der Waals surface area contributed by atoms with Gasteiger partial charge in [0.25, 0.3) is 0 Å². The summed E-state index contributed by atoms with van der Waals surface area (Å²) in [6.45, 7) is 2.28. The summed E-state index contributed by atoms with van der Waals surface area (Å²) in [5.74, 6) is 0.709. The number of H-pyrrole nitrogens is 1. The van der Waals surface area contributed by atoms with Crippen LogP contribution in [0.15, 0.2) is 6.33 Å². The highest BCUT2D eigenvalue weighted by molar-refractivity contribution is 6.28. The lowest BCUT2D eigenvalue weighted by atomic mass is 9.97. The van der Waals surface area contributed by atoms with Crippen LogP contribution in [0.2, 0.25) is 5.28 Å². The molecule has 0 unspecified atom stereocenters. The number of aromatic amines is 1. The average Bonchev–Trinajstić information content (AvgIpc) is 3.09. The van der Waals surface area contributed by atoms with Gasteiger partial charge in [-0.15, -0.1) is 0 Å². The molecule has 136 valence electrons. The van der Waals surface area contributed by atoms with Crippen molar-refractivity contribution in [3.63, 3.8) is 0 Å². The van der Waals surface area contributed by atoms with Crippen molar-refractivity contribution in [1.82, 2.24) is 25.3 Å². The van der Waals surface area contributed by atoms with Crippen LogP contribution in [0.4, 0.5) is 5.82 Å². The Hall–Kier alpha value is -1.93. The lowest BCUT2D eigenvalue weighted by Crippen LogP contribution is -2.43. The third-order valence-electron chi connectivity index (χ3n) is 4.47. The molecule has 1 aliphatic heterocycles. The maximum atomic E-state index is 12.4. The number of aliphatic hydroxyl groups excluding tert-OH is 1. The van der Waals surface area contributed by atoms with Crippen molar-refractivity contribution in [2.75, 3.05) is 31.1 Å². The largest absolute Gasteiger partial charge is 0.396 e. The molecule has 1 aliphatic rings. The molecular formula is C16H23ClN6O2. The topological polar surface area (TPSA) is 107 Å². The Morgan fingerprint density at radius 2 is 2.28 bits per heavy atom. The van der Waals surface area contributed by atoms with E-state index < -0.39 is 0 Å². The highest BCUT2D eigenvalue weighted by atomic mass is 35.5. The number of halogens is 1. The van der Waals surface area contributed by atoms with E-state index in [2.05, 4.69) is 30.2 Å². The Morgan fingerprint density at radius 1 is 1.40 bits per heavy atom. The summed E-state index contributed by atoms with van der Waals surface area (Å²) in [6.07, 6.45) is 5.94. The zero-order valence-corrected chi connectivity index (χ0v) is 14.8. The van der Waals surface area contributed by atoms with E-state index in [-0.39, 0.29) is 23.7 Å². The van der Waals surface area contributed by atoms with Crippen LogP contribution in [0, 0.1) is 5.92 Å². The second kappa shape index (κ2) is 8.44. The molecule has 0 saturated carbocycles. The molecule has 3 N–H and O–H groups in total. The fraction of sp³-hybridized carbons (Fsp3) is 0.625. The average molecular weight is 367 g/mol. The van der Waals surface area contributed by atoms with Gasteiger partial charge in [-0.25, -0.2) is 4.98 Å². The summed E-state index contributed by atoms with van der Waals surface area (Å²) < 4.78 is 0. The Balaban J connectivity index is 1.62. The number of nitrogens with zero attached hydrogens (tertiary/aromatic N) is 4. The molecule has 25 heavy (non-hydrogen) atoms. The van der Waals surface area contributed by atoms with Gasteiger partial charge in [-0.05, 0) is 43.7 Å². The van der Waals surface area contributed by atoms with Crippen molar-refractivity contribution in [2.24, 2.45) is 5.92 Å². The van der Waals surface area contributed by atoms with Gasteiger partial charge < -0.3 is 20.3 Å². The van der Waals surface area contributed by atoms with Crippen LogP contribution in [0.25, 0.3) is 11.2 Å². The zero-order valence-electron chi connectivity index (χ0n) is 14.0. The molecule has 0 aromatic carbocycles. The summed E-state index contributed by atoms with van der Waals surface area (Å²) in [4.78, 5) is 30.1. The quantitative estimate of drug-likeness (QED) is 0.506. The number of carbonyl (C=O) groups excluding carboxylic acids is 1. The van der Waals surface area contributed by atoms with Crippen molar-refractivity contribution < 1.29 is 9.90 Å². The Kier molecular flexibility index (Phi) is 6.04. The molecule has 1 atom stereocenters. The maximum absolute atomic E-state index is 12.4. The van der Waals surface area contributed by atoms with E-state index in [0.29, 0.717) is 24.6 Å². The molecule has 1 amide bonds. The number of anilines is 1. The molecule has 9 heteroatoms. The number of piperidine rings is 1. The maximum Gasteiger partial charge on any atom is 0.226 e. The third-order valence-corrected chi connectivity index (χ3v) is 4.63. The number of aromatic nitrogens is 4. The van der Waals surface area contributed by atoms with Gasteiger partial charge in [-0.2, -0.15) is 9.97 Å². The second-order valence-electron chi connectivity index (χ2n) is 6.28. The van der Waals surface area contributed by atoms with Gasteiger partial charge in [0.05, 0.1) is 12.2 Å². The SMILES string of the molecule is O=C(NCCCCCO)[C@H]1CCCN(c2nc(Cl)nc3nc[nH]c23)C1. The van der Waals surface area contributed by atoms with Crippen molar-refractivity contribution in [3.8, 4) is 0 Å². The molecule has 1 fully saturated rings. The minimum Gasteiger partial charge on any atom is -0.396 e. The van der Waals surface area contributed by atoms with Gasteiger partial charge in [-0.1, -0.05) is 0 Å². The van der Waals surface area contributed by atoms with Crippen molar-refractivity contribution in [1.29, 1.82) is 0 Å². The molecule has 0 aliphatic carbocycles. The molecule has 2 aromatic heterocycles. The van der Waals surface area contributed by atoms with Gasteiger partial charge in [0, 0.05) is 26.2 Å².